The summed E-state index contributed by atoms with van der Waals surface area (Å²) in [5.41, 5.74) is 3.74. The third kappa shape index (κ3) is 4.60. The first-order valence-corrected chi connectivity index (χ1v) is 9.13. The minimum Gasteiger partial charge on any atom is -0.490 e. The molecule has 0 aliphatic carbocycles. The fourth-order valence-corrected chi connectivity index (χ4v) is 3.38. The Hall–Kier alpha value is -2.97. The Bertz CT molecular complexity index is 912. The van der Waals surface area contributed by atoms with E-state index in [1.165, 1.54) is 12.4 Å². The van der Waals surface area contributed by atoms with Gasteiger partial charge in [0.2, 0.25) is 0 Å². The number of carbonyl (C=O) groups excluding carboxylic acids is 2. The highest BCUT2D eigenvalue weighted by atomic mass is 32.2. The lowest BCUT2D eigenvalue weighted by atomic mass is 10.2. The largest absolute Gasteiger partial charge is 0.490 e. The van der Waals surface area contributed by atoms with Gasteiger partial charge < -0.3 is 4.74 Å². The van der Waals surface area contributed by atoms with Crippen LogP contribution in [0.25, 0.3) is 6.08 Å². The summed E-state index contributed by atoms with van der Waals surface area (Å²) in [7, 11) is 0. The lowest BCUT2D eigenvalue weighted by molar-refractivity contribution is -0.123. The van der Waals surface area contributed by atoms with Gasteiger partial charge in [-0.2, -0.15) is 5.01 Å². The van der Waals surface area contributed by atoms with E-state index in [-0.39, 0.29) is 10.2 Å². The number of thiocarbonyl (C=S) groups is 1. The van der Waals surface area contributed by atoms with Crippen LogP contribution in [-0.4, -0.2) is 32.7 Å². The smallest absolute Gasteiger partial charge is 0.285 e. The summed E-state index contributed by atoms with van der Waals surface area (Å²) in [5.74, 6) is -0.0951. The Balaban J connectivity index is 1.70. The number of hydrogen-bond donors (Lipinski definition) is 1. The third-order valence-corrected chi connectivity index (χ3v) is 4.80. The summed E-state index contributed by atoms with van der Waals surface area (Å²) >= 11 is 6.35. The van der Waals surface area contributed by atoms with Crippen LogP contribution in [0, 0.1) is 0 Å². The molecule has 0 radical (unpaired) electrons. The Kier molecular flexibility index (Phi) is 6.00. The van der Waals surface area contributed by atoms with Crippen LogP contribution in [0.4, 0.5) is 0 Å². The van der Waals surface area contributed by atoms with Crippen LogP contribution in [0.2, 0.25) is 0 Å². The maximum absolute atomic E-state index is 12.6. The van der Waals surface area contributed by atoms with E-state index in [0.29, 0.717) is 22.8 Å². The molecule has 0 unspecified atom stereocenters. The third-order valence-electron chi connectivity index (χ3n) is 3.50. The predicted molar refractivity (Wildman–Crippen MR) is 109 cm³/mol. The number of amides is 2. The molecule has 1 aliphatic rings. The van der Waals surface area contributed by atoms with Gasteiger partial charge in [0.25, 0.3) is 11.8 Å². The molecular weight excluding hydrogens is 382 g/mol. The van der Waals surface area contributed by atoms with Crippen molar-refractivity contribution in [1.29, 1.82) is 0 Å². The first kappa shape index (κ1) is 18.8. The highest BCUT2D eigenvalue weighted by molar-refractivity contribution is 8.26. The summed E-state index contributed by atoms with van der Waals surface area (Å²) in [6.07, 6.45) is 6.39. The quantitative estimate of drug-likeness (QED) is 0.459. The number of rotatable bonds is 6. The van der Waals surface area contributed by atoms with Crippen LogP contribution in [0.3, 0.4) is 0 Å². The molecule has 136 valence electrons. The van der Waals surface area contributed by atoms with E-state index >= 15 is 0 Å². The second-order valence-electron chi connectivity index (χ2n) is 5.36. The lowest BCUT2D eigenvalue weighted by Gasteiger charge is -2.15. The van der Waals surface area contributed by atoms with Gasteiger partial charge in [-0.1, -0.05) is 36.5 Å². The number of aromatic nitrogens is 1. The van der Waals surface area contributed by atoms with E-state index in [2.05, 4.69) is 17.0 Å². The van der Waals surface area contributed by atoms with Crippen molar-refractivity contribution in [2.24, 2.45) is 0 Å². The zero-order chi connectivity index (χ0) is 19.2. The van der Waals surface area contributed by atoms with Gasteiger partial charge in [-0.25, -0.2) is 0 Å². The van der Waals surface area contributed by atoms with Gasteiger partial charge in [0, 0.05) is 18.0 Å². The van der Waals surface area contributed by atoms with E-state index in [0.717, 1.165) is 22.3 Å². The van der Waals surface area contributed by atoms with Gasteiger partial charge >= 0.3 is 0 Å². The van der Waals surface area contributed by atoms with Crippen molar-refractivity contribution in [3.63, 3.8) is 0 Å². The number of thioether (sulfide) groups is 1. The molecule has 0 saturated carbocycles. The average molecular weight is 397 g/mol. The summed E-state index contributed by atoms with van der Waals surface area (Å²) < 4.78 is 5.69. The molecule has 1 aliphatic heterocycles. The van der Waals surface area contributed by atoms with Gasteiger partial charge in [0.15, 0.2) is 4.32 Å². The number of carbonyl (C=O) groups is 2. The van der Waals surface area contributed by atoms with Crippen molar-refractivity contribution >= 4 is 46.2 Å². The van der Waals surface area contributed by atoms with Crippen molar-refractivity contribution in [3.8, 4) is 5.75 Å². The van der Waals surface area contributed by atoms with Crippen molar-refractivity contribution in [2.75, 3.05) is 6.61 Å². The highest BCUT2D eigenvalue weighted by Gasteiger charge is 2.33. The average Bonchev–Trinajstić information content (AvgIpc) is 2.95. The topological polar surface area (TPSA) is 71.5 Å². The van der Waals surface area contributed by atoms with E-state index in [1.54, 1.807) is 36.4 Å². The molecule has 1 fully saturated rings. The number of hydrazine groups is 1. The number of benzene rings is 1. The number of hydrogen-bond acceptors (Lipinski definition) is 6. The highest BCUT2D eigenvalue weighted by Crippen LogP contribution is 2.31. The van der Waals surface area contributed by atoms with Crippen LogP contribution >= 0.6 is 24.0 Å². The second kappa shape index (κ2) is 8.61. The van der Waals surface area contributed by atoms with Gasteiger partial charge in [-0.3, -0.25) is 20.0 Å². The number of pyridine rings is 1. The summed E-state index contributed by atoms with van der Waals surface area (Å²) in [5, 5.41) is 1.08. The van der Waals surface area contributed by atoms with Crippen molar-refractivity contribution in [1.82, 2.24) is 15.4 Å². The normalized spacial score (nSPS) is 15.1. The number of nitrogens with zero attached hydrogens (tertiary/aromatic N) is 2. The molecule has 1 N–H and O–H groups in total. The molecule has 0 bridgehead atoms. The van der Waals surface area contributed by atoms with Gasteiger partial charge in [-0.15, -0.1) is 0 Å². The molecular formula is C19H15N3O3S2. The van der Waals surface area contributed by atoms with Crippen molar-refractivity contribution in [2.45, 2.75) is 0 Å². The van der Waals surface area contributed by atoms with E-state index in [9.17, 15) is 9.59 Å². The van der Waals surface area contributed by atoms with Gasteiger partial charge in [0.05, 0.1) is 4.91 Å². The van der Waals surface area contributed by atoms with E-state index in [1.807, 2.05) is 12.1 Å². The van der Waals surface area contributed by atoms with E-state index in [4.69, 9.17) is 17.0 Å². The number of nitrogens with one attached hydrogen (secondary N) is 1. The van der Waals surface area contributed by atoms with Crippen LogP contribution in [0.1, 0.15) is 15.9 Å². The first-order valence-electron chi connectivity index (χ1n) is 7.91. The molecule has 0 atom stereocenters. The summed E-state index contributed by atoms with van der Waals surface area (Å²) in [4.78, 5) is 29.1. The first-order chi connectivity index (χ1) is 13.1. The fraction of sp³-hybridized carbons (Fsp3) is 0.0526. The van der Waals surface area contributed by atoms with Crippen LogP contribution in [0.15, 0.2) is 66.4 Å². The molecule has 0 spiro atoms. The molecule has 6 nitrogen and oxygen atoms in total. The molecule has 1 saturated heterocycles. The molecule has 2 amide bonds. The Morgan fingerprint density at radius 1 is 1.26 bits per heavy atom. The monoisotopic (exact) mass is 397 g/mol. The maximum Gasteiger partial charge on any atom is 0.285 e. The Labute approximate surface area is 165 Å². The van der Waals surface area contributed by atoms with Crippen molar-refractivity contribution in [3.05, 3.63) is 77.5 Å². The molecule has 1 aromatic heterocycles. The zero-order valence-electron chi connectivity index (χ0n) is 14.1. The van der Waals surface area contributed by atoms with Gasteiger partial charge in [-0.05, 0) is 48.1 Å². The van der Waals surface area contributed by atoms with Gasteiger partial charge in [0.1, 0.15) is 12.4 Å². The van der Waals surface area contributed by atoms with Crippen LogP contribution in [0.5, 0.6) is 5.75 Å². The Morgan fingerprint density at radius 3 is 2.63 bits per heavy atom. The fourth-order valence-electron chi connectivity index (χ4n) is 2.20. The molecule has 27 heavy (non-hydrogen) atoms. The summed E-state index contributed by atoms with van der Waals surface area (Å²) in [6, 6.07) is 10.4. The van der Waals surface area contributed by atoms with Crippen LogP contribution < -0.4 is 10.2 Å². The minimum atomic E-state index is -0.432. The molecule has 3 rings (SSSR count). The minimum absolute atomic E-state index is 0.264. The van der Waals surface area contributed by atoms with Crippen molar-refractivity contribution < 1.29 is 14.3 Å². The second-order valence-corrected chi connectivity index (χ2v) is 7.04. The molecule has 8 heteroatoms. The summed E-state index contributed by atoms with van der Waals surface area (Å²) in [6.45, 7) is 4.03. The zero-order valence-corrected chi connectivity index (χ0v) is 15.8. The molecule has 2 aromatic rings. The SMILES string of the molecule is C=CCOc1ccc(/C=C2\SC(=S)N(NC(=O)c3ccncc3)C2=O)cc1. The predicted octanol–water partition coefficient (Wildman–Crippen LogP) is 3.19. The standard InChI is InChI=1S/C19H15N3O3S2/c1-2-11-25-15-5-3-13(4-6-15)12-16-18(24)22(19(26)27-16)21-17(23)14-7-9-20-10-8-14/h2-10,12H,1,11H2,(H,21,23)/b16-12-. The molecule has 1 aromatic carbocycles. The lowest BCUT2D eigenvalue weighted by Crippen LogP contribution is -2.44. The van der Waals surface area contributed by atoms with E-state index < -0.39 is 5.91 Å². The Morgan fingerprint density at radius 2 is 1.96 bits per heavy atom. The maximum atomic E-state index is 12.6. The molecule has 2 heterocycles. The van der Waals surface area contributed by atoms with Crippen LogP contribution in [-0.2, 0) is 4.79 Å². The number of ether oxygens (including phenoxy) is 1.